The Labute approximate surface area is 54.4 Å². The Morgan fingerprint density at radius 1 is 1.44 bits per heavy atom. The van der Waals surface area contributed by atoms with Crippen LogP contribution in [0.2, 0.25) is 0 Å². The van der Waals surface area contributed by atoms with E-state index >= 15 is 0 Å². The second kappa shape index (κ2) is 1.49. The van der Waals surface area contributed by atoms with Crippen molar-refractivity contribution in [3.63, 3.8) is 0 Å². The van der Waals surface area contributed by atoms with Crippen molar-refractivity contribution in [2.24, 2.45) is 0 Å². The summed E-state index contributed by atoms with van der Waals surface area (Å²) in [5.74, 6) is 0.373. The molecule has 1 N–H and O–H groups in total. The van der Waals surface area contributed by atoms with Gasteiger partial charge in [0.25, 0.3) is 0 Å². The van der Waals surface area contributed by atoms with E-state index < -0.39 is 9.84 Å². The molecule has 0 aromatic heterocycles. The van der Waals surface area contributed by atoms with Gasteiger partial charge in [0.05, 0.1) is 11.0 Å². The van der Waals surface area contributed by atoms with Crippen LogP contribution in [-0.2, 0) is 9.84 Å². The van der Waals surface area contributed by atoms with Gasteiger partial charge in [0.15, 0.2) is 9.84 Å². The van der Waals surface area contributed by atoms with Gasteiger partial charge in [0, 0.05) is 12.6 Å². The molecular weight excluding hydrogens is 138 g/mol. The Balaban J connectivity index is 2.39. The minimum absolute atomic E-state index is 0.0532. The smallest absolute Gasteiger partial charge is 0.155 e. The van der Waals surface area contributed by atoms with Gasteiger partial charge in [-0.2, -0.15) is 0 Å². The molecule has 2 heterocycles. The molecule has 0 saturated carbocycles. The van der Waals surface area contributed by atoms with Gasteiger partial charge in [0.1, 0.15) is 0 Å². The zero-order chi connectivity index (χ0) is 6.48. The molecule has 3 nitrogen and oxygen atoms in total. The number of rotatable bonds is 0. The zero-order valence-electron chi connectivity index (χ0n) is 5.00. The fourth-order valence-electron chi connectivity index (χ4n) is 1.60. The highest BCUT2D eigenvalue weighted by Gasteiger charge is 2.43. The molecule has 9 heavy (non-hydrogen) atoms. The Morgan fingerprint density at radius 2 is 2.22 bits per heavy atom. The Bertz CT molecular complexity index is 221. The molecule has 2 rings (SSSR count). The number of hydrogen-bond donors (Lipinski definition) is 1. The lowest BCUT2D eigenvalue weighted by molar-refractivity contribution is 0.576. The predicted molar refractivity (Wildman–Crippen MR) is 34.0 cm³/mol. The molecule has 0 spiro atoms. The minimum atomic E-state index is -2.65. The van der Waals surface area contributed by atoms with Crippen LogP contribution in [0.1, 0.15) is 6.42 Å². The number of hydrogen-bond acceptors (Lipinski definition) is 3. The molecule has 0 amide bonds. The fourth-order valence-corrected chi connectivity index (χ4v) is 3.56. The normalized spacial score (nSPS) is 45.8. The molecule has 0 aromatic rings. The lowest BCUT2D eigenvalue weighted by atomic mass is 10.3. The third kappa shape index (κ3) is 0.697. The van der Waals surface area contributed by atoms with Crippen molar-refractivity contribution < 1.29 is 8.42 Å². The zero-order valence-corrected chi connectivity index (χ0v) is 5.82. The average molecular weight is 147 g/mol. The molecule has 2 atom stereocenters. The maximum atomic E-state index is 11.0. The van der Waals surface area contributed by atoms with Gasteiger partial charge >= 0.3 is 0 Å². The van der Waals surface area contributed by atoms with Gasteiger partial charge in [-0.15, -0.1) is 0 Å². The summed E-state index contributed by atoms with van der Waals surface area (Å²) < 4.78 is 22.0. The van der Waals surface area contributed by atoms with Gasteiger partial charge in [-0.25, -0.2) is 8.42 Å². The molecule has 0 aromatic carbocycles. The van der Waals surface area contributed by atoms with Crippen molar-refractivity contribution in [1.82, 2.24) is 5.32 Å². The van der Waals surface area contributed by atoms with Crippen molar-refractivity contribution >= 4 is 9.84 Å². The highest BCUT2D eigenvalue weighted by atomic mass is 32.2. The van der Waals surface area contributed by atoms with Crippen LogP contribution >= 0.6 is 0 Å². The quantitative estimate of drug-likeness (QED) is 0.485. The second-order valence-corrected chi connectivity index (χ2v) is 5.12. The van der Waals surface area contributed by atoms with Crippen LogP contribution in [0, 0.1) is 0 Å². The van der Waals surface area contributed by atoms with Gasteiger partial charge in [0.2, 0.25) is 0 Å². The maximum Gasteiger partial charge on any atom is 0.155 e. The van der Waals surface area contributed by atoms with Crippen LogP contribution < -0.4 is 5.32 Å². The Kier molecular flexibility index (Phi) is 0.941. The molecule has 2 saturated heterocycles. The molecular formula is C5H9NO2S. The predicted octanol–water partition coefficient (Wildman–Crippen LogP) is -0.855. The Morgan fingerprint density at radius 3 is 2.44 bits per heavy atom. The van der Waals surface area contributed by atoms with Crippen LogP contribution in [0.15, 0.2) is 0 Å². The third-order valence-electron chi connectivity index (χ3n) is 2.12. The topological polar surface area (TPSA) is 46.2 Å². The third-order valence-corrected chi connectivity index (χ3v) is 4.36. The van der Waals surface area contributed by atoms with Crippen LogP contribution in [0.5, 0.6) is 0 Å². The summed E-state index contributed by atoms with van der Waals surface area (Å²) in [6.45, 7) is 0.688. The van der Waals surface area contributed by atoms with E-state index in [1.807, 2.05) is 0 Å². The van der Waals surface area contributed by atoms with Gasteiger partial charge in [-0.3, -0.25) is 0 Å². The summed E-state index contributed by atoms with van der Waals surface area (Å²) in [5, 5.41) is 3.08. The monoisotopic (exact) mass is 147 g/mol. The van der Waals surface area contributed by atoms with Gasteiger partial charge in [-0.05, 0) is 6.42 Å². The average Bonchev–Trinajstić information content (AvgIpc) is 2.19. The SMILES string of the molecule is O=S1(=O)CC2CC1CN2. The number of sulfone groups is 1. The van der Waals surface area contributed by atoms with E-state index in [0.29, 0.717) is 12.3 Å². The molecule has 2 aliphatic rings. The molecule has 2 aliphatic heterocycles. The van der Waals surface area contributed by atoms with Crippen LogP contribution in [-0.4, -0.2) is 32.0 Å². The van der Waals surface area contributed by atoms with E-state index in [4.69, 9.17) is 0 Å². The first kappa shape index (κ1) is 5.68. The van der Waals surface area contributed by atoms with Crippen LogP contribution in [0.25, 0.3) is 0 Å². The van der Waals surface area contributed by atoms with Gasteiger partial charge < -0.3 is 5.32 Å². The molecule has 2 bridgehead atoms. The first-order chi connectivity index (χ1) is 4.18. The largest absolute Gasteiger partial charge is 0.312 e. The number of fused-ring (bicyclic) bond motifs is 2. The van der Waals surface area contributed by atoms with E-state index in [1.165, 1.54) is 0 Å². The molecule has 4 heteroatoms. The van der Waals surface area contributed by atoms with E-state index in [-0.39, 0.29) is 11.3 Å². The van der Waals surface area contributed by atoms with Crippen molar-refractivity contribution in [1.29, 1.82) is 0 Å². The van der Waals surface area contributed by atoms with E-state index in [0.717, 1.165) is 6.42 Å². The first-order valence-corrected chi connectivity index (χ1v) is 4.85. The van der Waals surface area contributed by atoms with Crippen molar-refractivity contribution in [2.45, 2.75) is 17.7 Å². The molecule has 0 aliphatic carbocycles. The van der Waals surface area contributed by atoms with Crippen molar-refractivity contribution in [3.05, 3.63) is 0 Å². The molecule has 52 valence electrons. The summed E-state index contributed by atoms with van der Waals surface area (Å²) in [5.41, 5.74) is 0. The van der Waals surface area contributed by atoms with Crippen LogP contribution in [0.3, 0.4) is 0 Å². The van der Waals surface area contributed by atoms with Crippen molar-refractivity contribution in [3.8, 4) is 0 Å². The summed E-state index contributed by atoms with van der Waals surface area (Å²) in [7, 11) is -2.65. The summed E-state index contributed by atoms with van der Waals surface area (Å²) in [6, 6.07) is 0.278. The fraction of sp³-hybridized carbons (Fsp3) is 1.00. The molecule has 0 radical (unpaired) electrons. The standard InChI is InChI=1S/C5H9NO2S/c7-9(8)3-4-1-5(9)2-6-4/h4-6H,1-3H2. The van der Waals surface area contributed by atoms with E-state index in [2.05, 4.69) is 5.32 Å². The minimum Gasteiger partial charge on any atom is -0.312 e. The number of nitrogens with one attached hydrogen (secondary N) is 1. The summed E-state index contributed by atoms with van der Waals surface area (Å²) in [4.78, 5) is 0. The Hall–Kier alpha value is -0.0900. The highest BCUT2D eigenvalue weighted by molar-refractivity contribution is 7.92. The van der Waals surface area contributed by atoms with E-state index in [1.54, 1.807) is 0 Å². The highest BCUT2D eigenvalue weighted by Crippen LogP contribution is 2.25. The first-order valence-electron chi connectivity index (χ1n) is 3.13. The lowest BCUT2D eigenvalue weighted by Gasteiger charge is -2.10. The van der Waals surface area contributed by atoms with E-state index in [9.17, 15) is 8.42 Å². The molecule has 2 fully saturated rings. The second-order valence-electron chi connectivity index (χ2n) is 2.79. The van der Waals surface area contributed by atoms with Gasteiger partial charge in [-0.1, -0.05) is 0 Å². The van der Waals surface area contributed by atoms with Crippen molar-refractivity contribution in [2.75, 3.05) is 12.3 Å². The summed E-state index contributed by atoms with van der Waals surface area (Å²) >= 11 is 0. The summed E-state index contributed by atoms with van der Waals surface area (Å²) in [6.07, 6.45) is 0.850. The molecule has 2 unspecified atom stereocenters. The van der Waals surface area contributed by atoms with Crippen LogP contribution in [0.4, 0.5) is 0 Å². The lowest BCUT2D eigenvalue weighted by Crippen LogP contribution is -2.35. The maximum absolute atomic E-state index is 11.0.